The first-order valence-electron chi connectivity index (χ1n) is 7.61. The van der Waals surface area contributed by atoms with Crippen molar-refractivity contribution in [1.29, 1.82) is 0 Å². The number of nitrogens with zero attached hydrogens (tertiary/aromatic N) is 2. The zero-order chi connectivity index (χ0) is 18.3. The van der Waals surface area contributed by atoms with E-state index >= 15 is 0 Å². The molecule has 0 bridgehead atoms. The Hall–Kier alpha value is -2.15. The van der Waals surface area contributed by atoms with Gasteiger partial charge in [0, 0.05) is 23.3 Å². The van der Waals surface area contributed by atoms with Crippen LogP contribution in [0.25, 0.3) is 0 Å². The Bertz CT molecular complexity index is 614. The molecule has 0 atom stereocenters. The van der Waals surface area contributed by atoms with Gasteiger partial charge in [0.1, 0.15) is 5.69 Å². The van der Waals surface area contributed by atoms with Gasteiger partial charge in [0.15, 0.2) is 0 Å². The first-order valence-corrected chi connectivity index (χ1v) is 7.98. The van der Waals surface area contributed by atoms with Gasteiger partial charge in [0.2, 0.25) is 11.8 Å². The van der Waals surface area contributed by atoms with E-state index in [9.17, 15) is 14.4 Å². The average molecular weight is 355 g/mol. The molecule has 1 rings (SSSR count). The van der Waals surface area contributed by atoms with Gasteiger partial charge in [0.25, 0.3) is 5.91 Å². The van der Waals surface area contributed by atoms with Crippen molar-refractivity contribution in [2.24, 2.45) is 0 Å². The second-order valence-corrected chi connectivity index (χ2v) is 6.68. The van der Waals surface area contributed by atoms with E-state index in [4.69, 9.17) is 11.6 Å². The van der Waals surface area contributed by atoms with Crippen molar-refractivity contribution in [3.8, 4) is 0 Å². The number of likely N-dealkylation sites (N-methyl/N-ethyl adjacent to an activating group) is 1. The monoisotopic (exact) mass is 354 g/mol. The number of rotatable bonds is 6. The predicted octanol–water partition coefficient (Wildman–Crippen LogP) is 1.23. The minimum Gasteiger partial charge on any atom is -0.350 e. The SMILES string of the molecule is CCN(CC(=O)NC(C)(C)C)C(=O)CNC(=O)c1cc(Cl)ccn1. The van der Waals surface area contributed by atoms with Gasteiger partial charge in [-0.25, -0.2) is 0 Å². The molecule has 0 aliphatic carbocycles. The summed E-state index contributed by atoms with van der Waals surface area (Å²) in [7, 11) is 0. The fraction of sp³-hybridized carbons (Fsp3) is 0.500. The van der Waals surface area contributed by atoms with Gasteiger partial charge in [-0.15, -0.1) is 0 Å². The first-order chi connectivity index (χ1) is 11.1. The van der Waals surface area contributed by atoms with Crippen LogP contribution >= 0.6 is 11.6 Å². The summed E-state index contributed by atoms with van der Waals surface area (Å²) >= 11 is 5.79. The molecule has 2 N–H and O–H groups in total. The second-order valence-electron chi connectivity index (χ2n) is 6.25. The molecule has 0 fully saturated rings. The van der Waals surface area contributed by atoms with Crippen molar-refractivity contribution < 1.29 is 14.4 Å². The minimum absolute atomic E-state index is 0.0576. The Balaban J connectivity index is 2.55. The molecule has 3 amide bonds. The summed E-state index contributed by atoms with van der Waals surface area (Å²) in [6, 6.07) is 2.96. The molecule has 0 spiro atoms. The molecule has 1 heterocycles. The lowest BCUT2D eigenvalue weighted by molar-refractivity contribution is -0.135. The number of hydrogen-bond donors (Lipinski definition) is 2. The van der Waals surface area contributed by atoms with Gasteiger partial charge in [-0.3, -0.25) is 19.4 Å². The normalized spacial score (nSPS) is 10.9. The zero-order valence-electron chi connectivity index (χ0n) is 14.4. The van der Waals surface area contributed by atoms with Crippen LogP contribution < -0.4 is 10.6 Å². The number of nitrogens with one attached hydrogen (secondary N) is 2. The highest BCUT2D eigenvalue weighted by atomic mass is 35.5. The molecular weight excluding hydrogens is 332 g/mol. The summed E-state index contributed by atoms with van der Waals surface area (Å²) in [6.07, 6.45) is 1.41. The third kappa shape index (κ3) is 6.95. The smallest absolute Gasteiger partial charge is 0.270 e. The maximum atomic E-state index is 12.2. The van der Waals surface area contributed by atoms with Crippen LogP contribution in [0.15, 0.2) is 18.3 Å². The number of pyridine rings is 1. The zero-order valence-corrected chi connectivity index (χ0v) is 15.1. The molecular formula is C16H23ClN4O3. The van der Waals surface area contributed by atoms with E-state index in [2.05, 4.69) is 15.6 Å². The minimum atomic E-state index is -0.499. The van der Waals surface area contributed by atoms with Crippen LogP contribution in [0.1, 0.15) is 38.2 Å². The molecule has 0 radical (unpaired) electrons. The van der Waals surface area contributed by atoms with E-state index in [-0.39, 0.29) is 36.1 Å². The van der Waals surface area contributed by atoms with Crippen molar-refractivity contribution in [3.05, 3.63) is 29.0 Å². The van der Waals surface area contributed by atoms with Gasteiger partial charge in [-0.2, -0.15) is 0 Å². The highest BCUT2D eigenvalue weighted by Gasteiger charge is 2.20. The number of carbonyl (C=O) groups excluding carboxylic acids is 3. The van der Waals surface area contributed by atoms with Crippen molar-refractivity contribution in [2.75, 3.05) is 19.6 Å². The molecule has 8 heteroatoms. The van der Waals surface area contributed by atoms with Gasteiger partial charge in [0.05, 0.1) is 13.1 Å². The maximum absolute atomic E-state index is 12.2. The molecule has 0 aliphatic rings. The number of halogens is 1. The predicted molar refractivity (Wildman–Crippen MR) is 91.7 cm³/mol. The summed E-state index contributed by atoms with van der Waals surface area (Å²) in [5.74, 6) is -1.10. The Morgan fingerprint density at radius 3 is 2.50 bits per heavy atom. The van der Waals surface area contributed by atoms with Gasteiger partial charge in [-0.1, -0.05) is 11.6 Å². The fourth-order valence-corrected chi connectivity index (χ4v) is 2.05. The molecule has 132 valence electrons. The van der Waals surface area contributed by atoms with E-state index in [1.807, 2.05) is 20.8 Å². The topological polar surface area (TPSA) is 91.4 Å². The van der Waals surface area contributed by atoms with Crippen molar-refractivity contribution in [1.82, 2.24) is 20.5 Å². The van der Waals surface area contributed by atoms with Crippen LogP contribution in [0.4, 0.5) is 0 Å². The maximum Gasteiger partial charge on any atom is 0.270 e. The van der Waals surface area contributed by atoms with Crippen molar-refractivity contribution in [3.63, 3.8) is 0 Å². The van der Waals surface area contributed by atoms with E-state index in [0.717, 1.165) is 0 Å². The van der Waals surface area contributed by atoms with E-state index < -0.39 is 5.91 Å². The van der Waals surface area contributed by atoms with Crippen LogP contribution in [0.3, 0.4) is 0 Å². The molecule has 0 saturated carbocycles. The molecule has 1 aromatic heterocycles. The summed E-state index contributed by atoms with van der Waals surface area (Å²) in [4.78, 5) is 41.3. The number of amides is 3. The highest BCUT2D eigenvalue weighted by molar-refractivity contribution is 6.30. The fourth-order valence-electron chi connectivity index (χ4n) is 1.89. The van der Waals surface area contributed by atoms with Crippen LogP contribution in [0.5, 0.6) is 0 Å². The van der Waals surface area contributed by atoms with Crippen molar-refractivity contribution in [2.45, 2.75) is 33.2 Å². The molecule has 0 unspecified atom stereocenters. The molecule has 7 nitrogen and oxygen atoms in total. The largest absolute Gasteiger partial charge is 0.350 e. The van der Waals surface area contributed by atoms with Crippen molar-refractivity contribution >= 4 is 29.3 Å². The van der Waals surface area contributed by atoms with Gasteiger partial charge in [-0.05, 0) is 39.8 Å². The number of carbonyl (C=O) groups is 3. The van der Waals surface area contributed by atoms with Crippen LogP contribution in [0.2, 0.25) is 5.02 Å². The van der Waals surface area contributed by atoms with Crippen LogP contribution in [-0.2, 0) is 9.59 Å². The van der Waals surface area contributed by atoms with Gasteiger partial charge < -0.3 is 15.5 Å². The number of hydrogen-bond acceptors (Lipinski definition) is 4. The lowest BCUT2D eigenvalue weighted by Gasteiger charge is -2.25. The summed E-state index contributed by atoms with van der Waals surface area (Å²) in [6.45, 7) is 7.44. The molecule has 0 saturated heterocycles. The molecule has 24 heavy (non-hydrogen) atoms. The van der Waals surface area contributed by atoms with Crippen LogP contribution in [-0.4, -0.2) is 52.8 Å². The third-order valence-electron chi connectivity index (χ3n) is 2.94. The molecule has 0 aliphatic heterocycles. The van der Waals surface area contributed by atoms with E-state index in [0.29, 0.717) is 11.6 Å². The molecule has 1 aromatic rings. The summed E-state index contributed by atoms with van der Waals surface area (Å²) < 4.78 is 0. The molecule has 0 aromatic carbocycles. The first kappa shape index (κ1) is 19.9. The Kier molecular flexibility index (Phi) is 7.16. The summed E-state index contributed by atoms with van der Waals surface area (Å²) in [5, 5.41) is 5.65. The van der Waals surface area contributed by atoms with Crippen LogP contribution in [0, 0.1) is 0 Å². The lowest BCUT2D eigenvalue weighted by atomic mass is 10.1. The standard InChI is InChI=1S/C16H23ClN4O3/c1-5-21(10-13(22)20-16(2,3)4)14(23)9-19-15(24)12-8-11(17)6-7-18-12/h6-8H,5,9-10H2,1-4H3,(H,19,24)(H,20,22). The average Bonchev–Trinajstić information content (AvgIpc) is 2.48. The Morgan fingerprint density at radius 2 is 1.96 bits per heavy atom. The third-order valence-corrected chi connectivity index (χ3v) is 3.17. The Morgan fingerprint density at radius 1 is 1.29 bits per heavy atom. The highest BCUT2D eigenvalue weighted by Crippen LogP contribution is 2.07. The van der Waals surface area contributed by atoms with E-state index in [1.54, 1.807) is 13.0 Å². The number of aromatic nitrogens is 1. The van der Waals surface area contributed by atoms with Gasteiger partial charge >= 0.3 is 0 Å². The lowest BCUT2D eigenvalue weighted by Crippen LogP contribution is -2.49. The summed E-state index contributed by atoms with van der Waals surface area (Å²) in [5.41, 5.74) is -0.241. The second kappa shape index (κ2) is 8.63. The quantitative estimate of drug-likeness (QED) is 0.803. The van der Waals surface area contributed by atoms with E-state index in [1.165, 1.54) is 17.2 Å². The Labute approximate surface area is 146 Å².